The van der Waals surface area contributed by atoms with E-state index >= 15 is 0 Å². The summed E-state index contributed by atoms with van der Waals surface area (Å²) in [7, 11) is 0. The van der Waals surface area contributed by atoms with Crippen LogP contribution in [0.15, 0.2) is 24.3 Å². The Kier molecular flexibility index (Phi) is 2.55. The van der Waals surface area contributed by atoms with Crippen LogP contribution in [0.1, 0.15) is 12.5 Å². The van der Waals surface area contributed by atoms with Crippen LogP contribution < -0.4 is 0 Å². The zero-order valence-electron chi connectivity index (χ0n) is 6.21. The largest absolute Gasteiger partial charge is 0.506 e. The van der Waals surface area contributed by atoms with Crippen LogP contribution in [0.5, 0.6) is 5.75 Å². The van der Waals surface area contributed by atoms with E-state index in [-0.39, 0.29) is 5.75 Å². The number of benzene rings is 1. The number of aromatic hydroxyl groups is 1. The third kappa shape index (κ3) is 1.99. The number of phenolic OH excluding ortho intramolecular Hbond substituents is 1. The average Bonchev–Trinajstić information content (AvgIpc) is 1.98. The molecule has 2 heteroatoms. The SMILES string of the molecule is C/C=C/c1ccc(Cl)c(O)c1. The molecule has 1 rings (SSSR count). The van der Waals surface area contributed by atoms with E-state index in [4.69, 9.17) is 16.7 Å². The van der Waals surface area contributed by atoms with E-state index < -0.39 is 0 Å². The fraction of sp³-hybridized carbons (Fsp3) is 0.111. The third-order valence-electron chi connectivity index (χ3n) is 1.33. The minimum absolute atomic E-state index is 0.127. The summed E-state index contributed by atoms with van der Waals surface area (Å²) in [6.45, 7) is 1.92. The van der Waals surface area contributed by atoms with E-state index in [1.165, 1.54) is 0 Å². The first kappa shape index (κ1) is 8.15. The van der Waals surface area contributed by atoms with Gasteiger partial charge in [-0.1, -0.05) is 29.8 Å². The molecule has 0 aliphatic rings. The van der Waals surface area contributed by atoms with E-state index in [1.54, 1.807) is 12.1 Å². The summed E-state index contributed by atoms with van der Waals surface area (Å²) in [6, 6.07) is 5.15. The second-order valence-corrected chi connectivity index (χ2v) is 2.62. The van der Waals surface area contributed by atoms with Gasteiger partial charge in [-0.15, -0.1) is 0 Å². The van der Waals surface area contributed by atoms with E-state index in [1.807, 2.05) is 25.1 Å². The molecule has 0 saturated carbocycles. The molecule has 1 N–H and O–H groups in total. The Morgan fingerprint density at radius 3 is 2.73 bits per heavy atom. The maximum atomic E-state index is 9.16. The van der Waals surface area contributed by atoms with Crippen molar-refractivity contribution < 1.29 is 5.11 Å². The van der Waals surface area contributed by atoms with Gasteiger partial charge in [-0.3, -0.25) is 0 Å². The molecular formula is C9H9ClO. The van der Waals surface area contributed by atoms with Crippen molar-refractivity contribution in [2.75, 3.05) is 0 Å². The van der Waals surface area contributed by atoms with E-state index in [2.05, 4.69) is 0 Å². The minimum atomic E-state index is 0.127. The van der Waals surface area contributed by atoms with Crippen molar-refractivity contribution in [2.45, 2.75) is 6.92 Å². The van der Waals surface area contributed by atoms with Crippen LogP contribution in [0.2, 0.25) is 5.02 Å². The molecule has 0 spiro atoms. The Hall–Kier alpha value is -0.950. The first-order valence-electron chi connectivity index (χ1n) is 3.35. The van der Waals surface area contributed by atoms with Gasteiger partial charge in [-0.2, -0.15) is 0 Å². The monoisotopic (exact) mass is 168 g/mol. The van der Waals surface area contributed by atoms with Crippen molar-refractivity contribution >= 4 is 17.7 Å². The number of phenols is 1. The van der Waals surface area contributed by atoms with Gasteiger partial charge in [0.2, 0.25) is 0 Å². The topological polar surface area (TPSA) is 20.2 Å². The Morgan fingerprint density at radius 2 is 2.18 bits per heavy atom. The van der Waals surface area contributed by atoms with Crippen molar-refractivity contribution in [1.29, 1.82) is 0 Å². The van der Waals surface area contributed by atoms with Crippen LogP contribution in [-0.2, 0) is 0 Å². The zero-order chi connectivity index (χ0) is 8.27. The van der Waals surface area contributed by atoms with Crippen molar-refractivity contribution in [3.05, 3.63) is 34.9 Å². The molecule has 1 aromatic carbocycles. The fourth-order valence-corrected chi connectivity index (χ4v) is 0.943. The second-order valence-electron chi connectivity index (χ2n) is 2.21. The maximum absolute atomic E-state index is 9.16. The lowest BCUT2D eigenvalue weighted by Gasteiger charge is -1.96. The number of halogens is 1. The number of hydrogen-bond acceptors (Lipinski definition) is 1. The second kappa shape index (κ2) is 3.44. The molecule has 0 aromatic heterocycles. The van der Waals surface area contributed by atoms with Gasteiger partial charge in [-0.05, 0) is 24.6 Å². The van der Waals surface area contributed by atoms with Gasteiger partial charge in [0.15, 0.2) is 0 Å². The predicted octanol–water partition coefficient (Wildman–Crippen LogP) is 3.08. The maximum Gasteiger partial charge on any atom is 0.134 e. The highest BCUT2D eigenvalue weighted by Crippen LogP contribution is 2.23. The highest BCUT2D eigenvalue weighted by Gasteiger charge is 1.95. The van der Waals surface area contributed by atoms with Crippen LogP contribution in [0.25, 0.3) is 6.08 Å². The van der Waals surface area contributed by atoms with Crippen LogP contribution in [0.3, 0.4) is 0 Å². The molecule has 0 heterocycles. The van der Waals surface area contributed by atoms with Crippen LogP contribution in [-0.4, -0.2) is 5.11 Å². The molecular weight excluding hydrogens is 160 g/mol. The highest BCUT2D eigenvalue weighted by molar-refractivity contribution is 6.32. The van der Waals surface area contributed by atoms with Crippen molar-refractivity contribution in [1.82, 2.24) is 0 Å². The van der Waals surface area contributed by atoms with Gasteiger partial charge in [0.25, 0.3) is 0 Å². The normalized spacial score (nSPS) is 10.7. The quantitative estimate of drug-likeness (QED) is 0.684. The summed E-state index contributed by atoms with van der Waals surface area (Å²) >= 11 is 5.61. The molecule has 11 heavy (non-hydrogen) atoms. The smallest absolute Gasteiger partial charge is 0.134 e. The average molecular weight is 169 g/mol. The molecule has 0 aliphatic carbocycles. The molecule has 0 saturated heterocycles. The van der Waals surface area contributed by atoms with Gasteiger partial charge in [0.1, 0.15) is 5.75 Å². The molecule has 0 fully saturated rings. The third-order valence-corrected chi connectivity index (χ3v) is 1.65. The summed E-state index contributed by atoms with van der Waals surface area (Å²) < 4.78 is 0. The van der Waals surface area contributed by atoms with Crippen molar-refractivity contribution in [2.24, 2.45) is 0 Å². The molecule has 0 atom stereocenters. The molecule has 58 valence electrons. The number of hydrogen-bond donors (Lipinski definition) is 1. The Morgan fingerprint density at radius 1 is 1.45 bits per heavy atom. The number of allylic oxidation sites excluding steroid dienone is 1. The summed E-state index contributed by atoms with van der Waals surface area (Å²) in [5.74, 6) is 0.127. The summed E-state index contributed by atoms with van der Waals surface area (Å²) in [5, 5.41) is 9.55. The predicted molar refractivity (Wildman–Crippen MR) is 47.8 cm³/mol. The first-order chi connectivity index (χ1) is 5.24. The van der Waals surface area contributed by atoms with E-state index in [0.29, 0.717) is 5.02 Å². The Labute approximate surface area is 70.9 Å². The molecule has 0 bridgehead atoms. The summed E-state index contributed by atoms with van der Waals surface area (Å²) in [5.41, 5.74) is 0.953. The molecule has 0 amide bonds. The molecule has 1 nitrogen and oxygen atoms in total. The Balaban J connectivity index is 3.05. The first-order valence-corrected chi connectivity index (χ1v) is 3.73. The van der Waals surface area contributed by atoms with Crippen LogP contribution >= 0.6 is 11.6 Å². The fourth-order valence-electron chi connectivity index (χ4n) is 0.826. The summed E-state index contributed by atoms with van der Waals surface area (Å²) in [4.78, 5) is 0. The number of rotatable bonds is 1. The lowest BCUT2D eigenvalue weighted by molar-refractivity contribution is 0.475. The lowest BCUT2D eigenvalue weighted by Crippen LogP contribution is -1.72. The van der Waals surface area contributed by atoms with Gasteiger partial charge >= 0.3 is 0 Å². The van der Waals surface area contributed by atoms with Gasteiger partial charge in [0, 0.05) is 0 Å². The summed E-state index contributed by atoms with van der Waals surface area (Å²) in [6.07, 6.45) is 3.80. The van der Waals surface area contributed by atoms with Gasteiger partial charge in [0.05, 0.1) is 5.02 Å². The van der Waals surface area contributed by atoms with Crippen molar-refractivity contribution in [3.63, 3.8) is 0 Å². The molecule has 0 unspecified atom stereocenters. The zero-order valence-corrected chi connectivity index (χ0v) is 6.97. The molecule has 0 radical (unpaired) electrons. The van der Waals surface area contributed by atoms with E-state index in [9.17, 15) is 0 Å². The van der Waals surface area contributed by atoms with Gasteiger partial charge in [-0.25, -0.2) is 0 Å². The standard InChI is InChI=1S/C9H9ClO/c1-2-3-7-4-5-8(10)9(11)6-7/h2-6,11H,1H3/b3-2+. The van der Waals surface area contributed by atoms with E-state index in [0.717, 1.165) is 5.56 Å². The van der Waals surface area contributed by atoms with Crippen LogP contribution in [0.4, 0.5) is 0 Å². The molecule has 0 aliphatic heterocycles. The van der Waals surface area contributed by atoms with Crippen LogP contribution in [0, 0.1) is 0 Å². The minimum Gasteiger partial charge on any atom is -0.506 e. The van der Waals surface area contributed by atoms with Crippen molar-refractivity contribution in [3.8, 4) is 5.75 Å². The lowest BCUT2D eigenvalue weighted by atomic mass is 10.2. The Bertz CT molecular complexity index is 279. The molecule has 1 aromatic rings. The highest BCUT2D eigenvalue weighted by atomic mass is 35.5. The van der Waals surface area contributed by atoms with Gasteiger partial charge < -0.3 is 5.11 Å².